The fraction of sp³-hybridized carbons (Fsp3) is 0.278. The van der Waals surface area contributed by atoms with Gasteiger partial charge in [-0.25, -0.2) is 0 Å². The van der Waals surface area contributed by atoms with Gasteiger partial charge in [-0.3, -0.25) is 4.79 Å². The molecule has 3 N–H and O–H groups in total. The first-order valence-electron chi connectivity index (χ1n) is 7.90. The zero-order valence-electron chi connectivity index (χ0n) is 14.2. The number of fused-ring (bicyclic) bond motifs is 1. The minimum Gasteiger partial charge on any atom is -0.497 e. The second-order valence-electron chi connectivity index (χ2n) is 5.61. The van der Waals surface area contributed by atoms with Gasteiger partial charge in [0.15, 0.2) is 0 Å². The molecule has 7 heteroatoms. The summed E-state index contributed by atoms with van der Waals surface area (Å²) in [4.78, 5) is 14.4. The summed E-state index contributed by atoms with van der Waals surface area (Å²) in [7, 11) is 3.13. The molecule has 3 rings (SSSR count). The molecule has 132 valence electrons. The molecule has 0 bridgehead atoms. The van der Waals surface area contributed by atoms with Crippen molar-refractivity contribution in [2.45, 2.75) is 0 Å². The van der Waals surface area contributed by atoms with Gasteiger partial charge < -0.3 is 30.2 Å². The fourth-order valence-corrected chi connectivity index (χ4v) is 2.72. The van der Waals surface area contributed by atoms with Crippen molar-refractivity contribution >= 4 is 23.0 Å². The number of carbonyl (C=O) groups is 1. The van der Waals surface area contributed by atoms with Crippen molar-refractivity contribution in [3.05, 3.63) is 36.4 Å². The average Bonchev–Trinajstić information content (AvgIpc) is 2.62. The molecule has 0 aliphatic carbocycles. The number of nitrogens with one attached hydrogen (secondary N) is 1. The lowest BCUT2D eigenvalue weighted by molar-refractivity contribution is -0.115. The Morgan fingerprint density at radius 3 is 2.84 bits per heavy atom. The first-order valence-corrected chi connectivity index (χ1v) is 7.90. The minimum atomic E-state index is -0.154. The molecule has 0 saturated heterocycles. The molecule has 0 aromatic heterocycles. The number of nitrogen functional groups attached to an aromatic ring is 1. The topological polar surface area (TPSA) is 86.0 Å². The van der Waals surface area contributed by atoms with E-state index in [0.29, 0.717) is 36.0 Å². The summed E-state index contributed by atoms with van der Waals surface area (Å²) in [6.07, 6.45) is 0. The largest absolute Gasteiger partial charge is 0.497 e. The smallest absolute Gasteiger partial charge is 0.243 e. The summed E-state index contributed by atoms with van der Waals surface area (Å²) in [5, 5.41) is 2.87. The van der Waals surface area contributed by atoms with Crippen LogP contribution in [-0.4, -0.2) is 39.8 Å². The zero-order valence-corrected chi connectivity index (χ0v) is 14.2. The highest BCUT2D eigenvalue weighted by atomic mass is 16.5. The van der Waals surface area contributed by atoms with Crippen molar-refractivity contribution in [1.82, 2.24) is 0 Å². The summed E-state index contributed by atoms with van der Waals surface area (Å²) < 4.78 is 16.1. The van der Waals surface area contributed by atoms with Gasteiger partial charge in [0.2, 0.25) is 5.91 Å². The monoisotopic (exact) mass is 343 g/mol. The van der Waals surface area contributed by atoms with Crippen molar-refractivity contribution < 1.29 is 19.0 Å². The van der Waals surface area contributed by atoms with Crippen molar-refractivity contribution in [1.29, 1.82) is 0 Å². The molecule has 0 saturated carbocycles. The molecule has 0 unspecified atom stereocenters. The first kappa shape index (κ1) is 16.8. The lowest BCUT2D eigenvalue weighted by Crippen LogP contribution is -2.38. The number of methoxy groups -OCH3 is 2. The number of hydrogen-bond donors (Lipinski definition) is 2. The SMILES string of the molecule is COc1ccc(NC(=O)CN2CCOc3ccc(N)cc32)c(OC)c1. The van der Waals surface area contributed by atoms with E-state index in [1.807, 2.05) is 17.0 Å². The van der Waals surface area contributed by atoms with Crippen molar-refractivity contribution in [2.24, 2.45) is 0 Å². The fourth-order valence-electron chi connectivity index (χ4n) is 2.72. The number of hydrogen-bond acceptors (Lipinski definition) is 6. The normalized spacial score (nSPS) is 12.8. The predicted octanol–water partition coefficient (Wildman–Crippen LogP) is 2.12. The number of rotatable bonds is 5. The second kappa shape index (κ2) is 7.21. The van der Waals surface area contributed by atoms with Crippen LogP contribution in [0.25, 0.3) is 0 Å². The van der Waals surface area contributed by atoms with Gasteiger partial charge in [0.05, 0.1) is 38.7 Å². The number of ether oxygens (including phenoxy) is 3. The van der Waals surface area contributed by atoms with E-state index in [-0.39, 0.29) is 12.5 Å². The van der Waals surface area contributed by atoms with Crippen LogP contribution in [0, 0.1) is 0 Å². The minimum absolute atomic E-state index is 0.154. The van der Waals surface area contributed by atoms with E-state index in [4.69, 9.17) is 19.9 Å². The maximum Gasteiger partial charge on any atom is 0.243 e. The van der Waals surface area contributed by atoms with Gasteiger partial charge in [-0.05, 0) is 30.3 Å². The van der Waals surface area contributed by atoms with Crippen LogP contribution in [0.5, 0.6) is 17.2 Å². The molecule has 0 fully saturated rings. The third-order valence-electron chi connectivity index (χ3n) is 3.96. The molecule has 1 aliphatic rings. The summed E-state index contributed by atoms with van der Waals surface area (Å²) in [5.74, 6) is 1.78. The summed E-state index contributed by atoms with van der Waals surface area (Å²) in [6.45, 7) is 1.33. The third-order valence-corrected chi connectivity index (χ3v) is 3.96. The molecule has 25 heavy (non-hydrogen) atoms. The Labute approximate surface area is 146 Å². The van der Waals surface area contributed by atoms with Gasteiger partial charge in [-0.15, -0.1) is 0 Å². The number of nitrogens with zero attached hydrogens (tertiary/aromatic N) is 1. The zero-order chi connectivity index (χ0) is 17.8. The Morgan fingerprint density at radius 2 is 2.08 bits per heavy atom. The Balaban J connectivity index is 1.73. The van der Waals surface area contributed by atoms with Gasteiger partial charge in [0, 0.05) is 11.8 Å². The number of amides is 1. The van der Waals surface area contributed by atoms with E-state index < -0.39 is 0 Å². The van der Waals surface area contributed by atoms with Crippen LogP contribution in [0.15, 0.2) is 36.4 Å². The highest BCUT2D eigenvalue weighted by molar-refractivity contribution is 5.95. The van der Waals surface area contributed by atoms with E-state index in [1.54, 1.807) is 38.5 Å². The van der Waals surface area contributed by atoms with Crippen LogP contribution in [0.1, 0.15) is 0 Å². The summed E-state index contributed by atoms with van der Waals surface area (Å²) >= 11 is 0. The summed E-state index contributed by atoms with van der Waals surface area (Å²) in [5.41, 5.74) is 7.90. The van der Waals surface area contributed by atoms with Gasteiger partial charge in [0.25, 0.3) is 0 Å². The average molecular weight is 343 g/mol. The van der Waals surface area contributed by atoms with Crippen LogP contribution >= 0.6 is 0 Å². The Hall–Kier alpha value is -3.09. The number of carbonyl (C=O) groups excluding carboxylic acids is 1. The van der Waals surface area contributed by atoms with Crippen LogP contribution in [0.3, 0.4) is 0 Å². The molecule has 0 radical (unpaired) electrons. The molecule has 2 aromatic rings. The van der Waals surface area contributed by atoms with E-state index in [1.165, 1.54) is 0 Å². The van der Waals surface area contributed by atoms with E-state index in [0.717, 1.165) is 11.4 Å². The van der Waals surface area contributed by atoms with Crippen LogP contribution in [0.4, 0.5) is 17.1 Å². The molecular formula is C18H21N3O4. The van der Waals surface area contributed by atoms with Crippen molar-refractivity contribution in [3.8, 4) is 17.2 Å². The molecule has 1 amide bonds. The van der Waals surface area contributed by atoms with Gasteiger partial charge in [-0.2, -0.15) is 0 Å². The summed E-state index contributed by atoms with van der Waals surface area (Å²) in [6, 6.07) is 10.7. The maximum absolute atomic E-state index is 12.5. The second-order valence-corrected chi connectivity index (χ2v) is 5.61. The molecule has 1 aliphatic heterocycles. The van der Waals surface area contributed by atoms with E-state index in [2.05, 4.69) is 5.32 Å². The number of nitrogens with two attached hydrogens (primary N) is 1. The van der Waals surface area contributed by atoms with Gasteiger partial charge >= 0.3 is 0 Å². The molecular weight excluding hydrogens is 322 g/mol. The highest BCUT2D eigenvalue weighted by Crippen LogP contribution is 2.33. The third kappa shape index (κ3) is 3.71. The van der Waals surface area contributed by atoms with Gasteiger partial charge in [0.1, 0.15) is 23.9 Å². The van der Waals surface area contributed by atoms with Crippen molar-refractivity contribution in [3.63, 3.8) is 0 Å². The molecule has 2 aromatic carbocycles. The Morgan fingerprint density at radius 1 is 1.24 bits per heavy atom. The van der Waals surface area contributed by atoms with Crippen LogP contribution in [0.2, 0.25) is 0 Å². The highest BCUT2D eigenvalue weighted by Gasteiger charge is 2.21. The lowest BCUT2D eigenvalue weighted by atomic mass is 10.2. The number of benzene rings is 2. The van der Waals surface area contributed by atoms with E-state index in [9.17, 15) is 4.79 Å². The molecule has 1 heterocycles. The quantitative estimate of drug-likeness (QED) is 0.809. The van der Waals surface area contributed by atoms with Crippen LogP contribution in [-0.2, 0) is 4.79 Å². The Kier molecular flexibility index (Phi) is 4.83. The van der Waals surface area contributed by atoms with Gasteiger partial charge in [-0.1, -0.05) is 0 Å². The standard InChI is InChI=1S/C18H21N3O4/c1-23-13-4-5-14(17(10-13)24-2)20-18(22)11-21-7-8-25-16-6-3-12(19)9-15(16)21/h3-6,9-10H,7-8,11,19H2,1-2H3,(H,20,22). The molecule has 7 nitrogen and oxygen atoms in total. The van der Waals surface area contributed by atoms with E-state index >= 15 is 0 Å². The maximum atomic E-state index is 12.5. The molecule has 0 atom stereocenters. The predicted molar refractivity (Wildman–Crippen MR) is 96.7 cm³/mol. The first-order chi connectivity index (χ1) is 12.1. The Bertz CT molecular complexity index is 779. The van der Waals surface area contributed by atoms with Crippen LogP contribution < -0.4 is 30.2 Å². The van der Waals surface area contributed by atoms with Crippen molar-refractivity contribution in [2.75, 3.05) is 49.9 Å². The lowest BCUT2D eigenvalue weighted by Gasteiger charge is -2.31. The number of anilines is 3. The molecule has 0 spiro atoms.